The van der Waals surface area contributed by atoms with E-state index >= 15 is 0 Å². The molecular weight excluding hydrogens is 377 g/mol. The van der Waals surface area contributed by atoms with E-state index in [0.717, 1.165) is 30.0 Å². The zero-order chi connectivity index (χ0) is 14.4. The maximum absolute atomic E-state index is 4.30. The molecule has 0 saturated heterocycles. The molecule has 6 heteroatoms. The van der Waals surface area contributed by atoms with Gasteiger partial charge in [-0.15, -0.1) is 24.0 Å². The lowest BCUT2D eigenvalue weighted by atomic mass is 9.80. The van der Waals surface area contributed by atoms with E-state index in [1.165, 1.54) is 25.7 Å². The number of aliphatic imine (C=N–C) groups is 1. The minimum atomic E-state index is 0. The summed E-state index contributed by atoms with van der Waals surface area (Å²) in [7, 11) is 1.82. The summed E-state index contributed by atoms with van der Waals surface area (Å²) in [4.78, 5) is 4.30. The second kappa shape index (κ2) is 9.27. The summed E-state index contributed by atoms with van der Waals surface area (Å²) >= 11 is 0. The van der Waals surface area contributed by atoms with Crippen molar-refractivity contribution in [1.82, 2.24) is 20.8 Å². The smallest absolute Gasteiger partial charge is 0.191 e. The standard InChI is InChI=1S/C15H27N5.HI/c1-11(2)12-4-6-13(7-5-12)19-15(16-3)17-10-14-8-9-18-20-14;/h8-9,11-13H,4-7,10H2,1-3H3,(H,18,20)(H2,16,17,19);1H. The second-order valence-corrected chi connectivity index (χ2v) is 6.01. The predicted octanol–water partition coefficient (Wildman–Crippen LogP) is 2.91. The number of aromatic nitrogens is 2. The van der Waals surface area contributed by atoms with Crippen LogP contribution in [0.1, 0.15) is 45.2 Å². The Kier molecular flexibility index (Phi) is 8.06. The molecule has 0 radical (unpaired) electrons. The molecule has 1 saturated carbocycles. The molecule has 1 aromatic rings. The first-order chi connectivity index (χ1) is 9.69. The van der Waals surface area contributed by atoms with Gasteiger partial charge in [0.25, 0.3) is 0 Å². The molecule has 1 aromatic heterocycles. The fourth-order valence-corrected chi connectivity index (χ4v) is 2.88. The SMILES string of the molecule is CN=C(NCc1ccn[nH]1)NC1CCC(C(C)C)CC1.I. The van der Waals surface area contributed by atoms with Gasteiger partial charge in [-0.2, -0.15) is 5.10 Å². The number of hydrogen-bond acceptors (Lipinski definition) is 2. The molecule has 5 nitrogen and oxygen atoms in total. The Morgan fingerprint density at radius 1 is 1.38 bits per heavy atom. The van der Waals surface area contributed by atoms with Crippen LogP contribution in [-0.4, -0.2) is 29.2 Å². The molecule has 0 atom stereocenters. The first kappa shape index (κ1) is 18.3. The number of rotatable bonds is 4. The highest BCUT2D eigenvalue weighted by molar-refractivity contribution is 14.0. The molecule has 0 aliphatic heterocycles. The molecule has 21 heavy (non-hydrogen) atoms. The molecule has 1 aliphatic rings. The van der Waals surface area contributed by atoms with Crippen LogP contribution >= 0.6 is 24.0 Å². The van der Waals surface area contributed by atoms with Gasteiger partial charge in [0.05, 0.1) is 12.2 Å². The van der Waals surface area contributed by atoms with Gasteiger partial charge in [0.15, 0.2) is 5.96 Å². The summed E-state index contributed by atoms with van der Waals surface area (Å²) in [5, 5.41) is 13.7. The van der Waals surface area contributed by atoms with Crippen LogP contribution in [0.15, 0.2) is 17.3 Å². The van der Waals surface area contributed by atoms with Crippen molar-refractivity contribution in [3.05, 3.63) is 18.0 Å². The van der Waals surface area contributed by atoms with E-state index in [1.807, 2.05) is 13.1 Å². The van der Waals surface area contributed by atoms with Gasteiger partial charge in [-0.25, -0.2) is 0 Å². The number of nitrogens with one attached hydrogen (secondary N) is 3. The molecule has 3 N–H and O–H groups in total. The second-order valence-electron chi connectivity index (χ2n) is 6.01. The highest BCUT2D eigenvalue weighted by Crippen LogP contribution is 2.29. The quantitative estimate of drug-likeness (QED) is 0.410. The minimum Gasteiger partial charge on any atom is -0.354 e. The molecule has 0 spiro atoms. The average molecular weight is 405 g/mol. The van der Waals surface area contributed by atoms with E-state index in [4.69, 9.17) is 0 Å². The van der Waals surface area contributed by atoms with Crippen molar-refractivity contribution in [1.29, 1.82) is 0 Å². The normalized spacial score (nSPS) is 22.8. The Labute approximate surface area is 144 Å². The van der Waals surface area contributed by atoms with Gasteiger partial charge < -0.3 is 10.6 Å². The van der Waals surface area contributed by atoms with Gasteiger partial charge in [0.1, 0.15) is 0 Å². The summed E-state index contributed by atoms with van der Waals surface area (Å²) < 4.78 is 0. The highest BCUT2D eigenvalue weighted by Gasteiger charge is 2.23. The summed E-state index contributed by atoms with van der Waals surface area (Å²) in [5.41, 5.74) is 1.07. The molecule has 120 valence electrons. The molecular formula is C15H28IN5. The van der Waals surface area contributed by atoms with Gasteiger partial charge >= 0.3 is 0 Å². The van der Waals surface area contributed by atoms with E-state index in [0.29, 0.717) is 6.04 Å². The van der Waals surface area contributed by atoms with Crippen LogP contribution in [0.25, 0.3) is 0 Å². The van der Waals surface area contributed by atoms with Gasteiger partial charge in [-0.1, -0.05) is 13.8 Å². The van der Waals surface area contributed by atoms with Crippen LogP contribution in [-0.2, 0) is 6.54 Å². The summed E-state index contributed by atoms with van der Waals surface area (Å²) in [6.07, 6.45) is 6.90. The Morgan fingerprint density at radius 3 is 2.62 bits per heavy atom. The third-order valence-corrected chi connectivity index (χ3v) is 4.28. The third kappa shape index (κ3) is 5.84. The van der Waals surface area contributed by atoms with E-state index in [1.54, 1.807) is 6.20 Å². The predicted molar refractivity (Wildman–Crippen MR) is 97.9 cm³/mol. The van der Waals surface area contributed by atoms with Crippen molar-refractivity contribution < 1.29 is 0 Å². The Bertz CT molecular complexity index is 408. The average Bonchev–Trinajstić information content (AvgIpc) is 2.97. The molecule has 1 aliphatic carbocycles. The lowest BCUT2D eigenvalue weighted by molar-refractivity contribution is 0.250. The van der Waals surface area contributed by atoms with Crippen molar-refractivity contribution >= 4 is 29.9 Å². The number of nitrogens with zero attached hydrogens (tertiary/aromatic N) is 2. The number of H-pyrrole nitrogens is 1. The summed E-state index contributed by atoms with van der Waals surface area (Å²) in [5.74, 6) is 2.59. The van der Waals surface area contributed by atoms with Crippen molar-refractivity contribution in [3.8, 4) is 0 Å². The molecule has 0 amide bonds. The maximum atomic E-state index is 4.30. The minimum absolute atomic E-state index is 0. The first-order valence-corrected chi connectivity index (χ1v) is 7.64. The molecule has 0 unspecified atom stereocenters. The largest absolute Gasteiger partial charge is 0.354 e. The first-order valence-electron chi connectivity index (χ1n) is 7.64. The highest BCUT2D eigenvalue weighted by atomic mass is 127. The molecule has 2 rings (SSSR count). The fourth-order valence-electron chi connectivity index (χ4n) is 2.88. The van der Waals surface area contributed by atoms with Gasteiger partial charge in [-0.3, -0.25) is 10.1 Å². The molecule has 0 aromatic carbocycles. The summed E-state index contributed by atoms with van der Waals surface area (Å²) in [6, 6.07) is 2.52. The van der Waals surface area contributed by atoms with Crippen LogP contribution in [0.4, 0.5) is 0 Å². The van der Waals surface area contributed by atoms with Crippen LogP contribution in [0.2, 0.25) is 0 Å². The number of halogens is 1. The molecule has 1 heterocycles. The van der Waals surface area contributed by atoms with Gasteiger partial charge in [0.2, 0.25) is 0 Å². The number of hydrogen-bond donors (Lipinski definition) is 3. The summed E-state index contributed by atoms with van der Waals surface area (Å²) in [6.45, 7) is 5.40. The lowest BCUT2D eigenvalue weighted by Gasteiger charge is -2.32. The zero-order valence-electron chi connectivity index (χ0n) is 13.2. The monoisotopic (exact) mass is 405 g/mol. The van der Waals surface area contributed by atoms with Crippen LogP contribution < -0.4 is 10.6 Å². The van der Waals surface area contributed by atoms with E-state index in [-0.39, 0.29) is 24.0 Å². The van der Waals surface area contributed by atoms with Crippen LogP contribution in [0.5, 0.6) is 0 Å². The number of aromatic amines is 1. The van der Waals surface area contributed by atoms with Crippen molar-refractivity contribution in [2.75, 3.05) is 7.05 Å². The maximum Gasteiger partial charge on any atom is 0.191 e. The third-order valence-electron chi connectivity index (χ3n) is 4.28. The van der Waals surface area contributed by atoms with Crippen LogP contribution in [0.3, 0.4) is 0 Å². The van der Waals surface area contributed by atoms with Crippen LogP contribution in [0, 0.1) is 11.8 Å². The fraction of sp³-hybridized carbons (Fsp3) is 0.733. The molecule has 0 bridgehead atoms. The van der Waals surface area contributed by atoms with Gasteiger partial charge in [-0.05, 0) is 43.6 Å². The van der Waals surface area contributed by atoms with Crippen molar-refractivity contribution in [2.45, 2.75) is 52.1 Å². The Morgan fingerprint density at radius 2 is 2.10 bits per heavy atom. The van der Waals surface area contributed by atoms with E-state index in [9.17, 15) is 0 Å². The Balaban J connectivity index is 0.00000220. The zero-order valence-corrected chi connectivity index (χ0v) is 15.6. The van der Waals surface area contributed by atoms with Crippen molar-refractivity contribution in [2.24, 2.45) is 16.8 Å². The van der Waals surface area contributed by atoms with E-state index in [2.05, 4.69) is 39.7 Å². The molecule has 1 fully saturated rings. The van der Waals surface area contributed by atoms with Gasteiger partial charge in [0, 0.05) is 19.3 Å². The van der Waals surface area contributed by atoms with E-state index < -0.39 is 0 Å². The number of guanidine groups is 1. The van der Waals surface area contributed by atoms with Crippen molar-refractivity contribution in [3.63, 3.8) is 0 Å². The lowest BCUT2D eigenvalue weighted by Crippen LogP contribution is -2.44. The topological polar surface area (TPSA) is 65.1 Å². The Hall–Kier alpha value is -0.790.